The molecule has 0 unspecified atom stereocenters. The van der Waals surface area contributed by atoms with Crippen molar-refractivity contribution in [3.8, 4) is 0 Å². The van der Waals surface area contributed by atoms with Crippen molar-refractivity contribution in [3.63, 3.8) is 0 Å². The van der Waals surface area contributed by atoms with Gasteiger partial charge in [-0.05, 0) is 44.2 Å². The highest BCUT2D eigenvalue weighted by molar-refractivity contribution is 7.92. The van der Waals surface area contributed by atoms with Crippen molar-refractivity contribution in [1.29, 1.82) is 0 Å². The summed E-state index contributed by atoms with van der Waals surface area (Å²) < 4.78 is 43.0. The highest BCUT2D eigenvalue weighted by atomic mass is 32.2. The van der Waals surface area contributed by atoms with Crippen LogP contribution >= 0.6 is 0 Å². The van der Waals surface area contributed by atoms with Crippen molar-refractivity contribution >= 4 is 21.2 Å². The summed E-state index contributed by atoms with van der Waals surface area (Å²) in [6, 6.07) is 6.25. The lowest BCUT2D eigenvalue weighted by Gasteiger charge is -2.06. The minimum absolute atomic E-state index is 0.0670. The number of benzene rings is 1. The molecule has 3 aromatic rings. The van der Waals surface area contributed by atoms with E-state index in [0.717, 1.165) is 12.1 Å². The van der Waals surface area contributed by atoms with E-state index in [0.29, 0.717) is 12.4 Å². The van der Waals surface area contributed by atoms with Gasteiger partial charge in [0.15, 0.2) is 0 Å². The molecule has 1 aromatic carbocycles. The standard InChI is InChI=1S/C15H15FN4O3S/c1-3-20-15(21)14-8-13(9-19(14)10(2)17-20)24(22,23)18-12-6-4-11(16)5-7-12/h4-9,18H,3H2,1-2H3. The van der Waals surface area contributed by atoms with Crippen LogP contribution in [0.15, 0.2) is 46.2 Å². The summed E-state index contributed by atoms with van der Waals surface area (Å²) in [5, 5.41) is 4.12. The second kappa shape index (κ2) is 5.75. The van der Waals surface area contributed by atoms with Crippen molar-refractivity contribution in [2.24, 2.45) is 0 Å². The van der Waals surface area contributed by atoms with E-state index in [1.54, 1.807) is 13.8 Å². The zero-order chi connectivity index (χ0) is 17.5. The Hall–Kier alpha value is -2.68. The SMILES string of the molecule is CCn1nc(C)n2cc(S(=O)(=O)Nc3ccc(F)cc3)cc2c1=O. The molecule has 0 saturated heterocycles. The molecule has 0 amide bonds. The van der Waals surface area contributed by atoms with Crippen LogP contribution in [0.2, 0.25) is 0 Å². The predicted molar refractivity (Wildman–Crippen MR) is 87.1 cm³/mol. The second-order valence-corrected chi connectivity index (χ2v) is 6.89. The van der Waals surface area contributed by atoms with Gasteiger partial charge in [-0.3, -0.25) is 13.9 Å². The van der Waals surface area contributed by atoms with Crippen molar-refractivity contribution < 1.29 is 12.8 Å². The van der Waals surface area contributed by atoms with Gasteiger partial charge in [0.05, 0.1) is 0 Å². The van der Waals surface area contributed by atoms with Crippen LogP contribution in [0.25, 0.3) is 5.52 Å². The number of rotatable bonds is 4. The van der Waals surface area contributed by atoms with E-state index in [2.05, 4.69) is 9.82 Å². The van der Waals surface area contributed by atoms with Crippen molar-refractivity contribution in [2.45, 2.75) is 25.3 Å². The van der Waals surface area contributed by atoms with Gasteiger partial charge in [0, 0.05) is 18.4 Å². The lowest BCUT2D eigenvalue weighted by Crippen LogP contribution is -2.25. The quantitative estimate of drug-likeness (QED) is 0.777. The molecule has 0 spiro atoms. The number of hydrogen-bond donors (Lipinski definition) is 1. The summed E-state index contributed by atoms with van der Waals surface area (Å²) in [6.07, 6.45) is 1.34. The molecule has 0 saturated carbocycles. The van der Waals surface area contributed by atoms with Crippen molar-refractivity contribution in [3.05, 3.63) is 58.5 Å². The first-order valence-electron chi connectivity index (χ1n) is 7.20. The summed E-state index contributed by atoms with van der Waals surface area (Å²) in [5.41, 5.74) is 0.0858. The fraction of sp³-hybridized carbons (Fsp3) is 0.200. The fourth-order valence-corrected chi connectivity index (χ4v) is 3.44. The molecule has 7 nitrogen and oxygen atoms in total. The summed E-state index contributed by atoms with van der Waals surface area (Å²) in [6.45, 7) is 3.85. The van der Waals surface area contributed by atoms with Gasteiger partial charge in [0.2, 0.25) is 0 Å². The molecule has 2 aromatic heterocycles. The monoisotopic (exact) mass is 350 g/mol. The van der Waals surface area contributed by atoms with Crippen LogP contribution in [0.4, 0.5) is 10.1 Å². The van der Waals surface area contributed by atoms with Crippen LogP contribution < -0.4 is 10.3 Å². The Morgan fingerprint density at radius 3 is 2.54 bits per heavy atom. The average Bonchev–Trinajstić information content (AvgIpc) is 3.00. The first-order valence-corrected chi connectivity index (χ1v) is 8.68. The third kappa shape index (κ3) is 2.78. The van der Waals surface area contributed by atoms with E-state index in [4.69, 9.17) is 0 Å². The third-order valence-corrected chi connectivity index (χ3v) is 4.92. The second-order valence-electron chi connectivity index (χ2n) is 5.21. The fourth-order valence-electron chi connectivity index (χ4n) is 2.36. The third-order valence-electron chi connectivity index (χ3n) is 3.57. The molecule has 1 N–H and O–H groups in total. The molecular weight excluding hydrogens is 335 g/mol. The summed E-state index contributed by atoms with van der Waals surface area (Å²) in [5.74, 6) is 0.0315. The zero-order valence-corrected chi connectivity index (χ0v) is 13.8. The Morgan fingerprint density at radius 2 is 1.92 bits per heavy atom. The van der Waals surface area contributed by atoms with Gasteiger partial charge in [-0.25, -0.2) is 17.5 Å². The number of sulfonamides is 1. The summed E-state index contributed by atoms with van der Waals surface area (Å²) >= 11 is 0. The lowest BCUT2D eigenvalue weighted by molar-refractivity contribution is 0.592. The summed E-state index contributed by atoms with van der Waals surface area (Å²) in [7, 11) is -3.91. The van der Waals surface area contributed by atoms with Crippen LogP contribution in [-0.2, 0) is 16.6 Å². The summed E-state index contributed by atoms with van der Waals surface area (Å²) in [4.78, 5) is 12.2. The molecule has 0 bridgehead atoms. The van der Waals surface area contributed by atoms with E-state index in [-0.39, 0.29) is 21.7 Å². The number of aromatic nitrogens is 3. The molecule has 0 radical (unpaired) electrons. The normalized spacial score (nSPS) is 11.8. The molecule has 0 aliphatic rings. The molecule has 2 heterocycles. The van der Waals surface area contributed by atoms with Gasteiger partial charge in [-0.1, -0.05) is 0 Å². The van der Waals surface area contributed by atoms with Crippen molar-refractivity contribution in [2.75, 3.05) is 4.72 Å². The average molecular weight is 350 g/mol. The zero-order valence-electron chi connectivity index (χ0n) is 13.0. The molecular formula is C15H15FN4O3S. The van der Waals surface area contributed by atoms with Gasteiger partial charge in [-0.15, -0.1) is 0 Å². The van der Waals surface area contributed by atoms with Crippen LogP contribution in [-0.4, -0.2) is 22.6 Å². The molecule has 126 valence electrons. The van der Waals surface area contributed by atoms with E-state index in [1.165, 1.54) is 33.5 Å². The van der Waals surface area contributed by atoms with E-state index in [1.807, 2.05) is 0 Å². The van der Waals surface area contributed by atoms with E-state index >= 15 is 0 Å². The van der Waals surface area contributed by atoms with Crippen LogP contribution in [0.5, 0.6) is 0 Å². The maximum absolute atomic E-state index is 12.9. The lowest BCUT2D eigenvalue weighted by atomic mass is 10.3. The Labute approximate surface area is 137 Å². The van der Waals surface area contributed by atoms with E-state index in [9.17, 15) is 17.6 Å². The number of nitrogens with one attached hydrogen (secondary N) is 1. The minimum atomic E-state index is -3.91. The van der Waals surface area contributed by atoms with Gasteiger partial charge >= 0.3 is 0 Å². The number of hydrogen-bond acceptors (Lipinski definition) is 4. The van der Waals surface area contributed by atoms with E-state index < -0.39 is 15.8 Å². The van der Waals surface area contributed by atoms with Gasteiger partial charge < -0.3 is 0 Å². The van der Waals surface area contributed by atoms with Crippen LogP contribution in [0.3, 0.4) is 0 Å². The van der Waals surface area contributed by atoms with Crippen LogP contribution in [0, 0.1) is 12.7 Å². The molecule has 0 aliphatic heterocycles. The van der Waals surface area contributed by atoms with Gasteiger partial charge in [-0.2, -0.15) is 5.10 Å². The maximum atomic E-state index is 12.9. The molecule has 0 aliphatic carbocycles. The van der Waals surface area contributed by atoms with Crippen LogP contribution in [0.1, 0.15) is 12.7 Å². The highest BCUT2D eigenvalue weighted by Crippen LogP contribution is 2.18. The Morgan fingerprint density at radius 1 is 1.25 bits per heavy atom. The molecule has 3 rings (SSSR count). The van der Waals surface area contributed by atoms with Gasteiger partial charge in [0.25, 0.3) is 15.6 Å². The smallest absolute Gasteiger partial charge is 0.291 e. The Bertz CT molecular complexity index is 1070. The molecule has 24 heavy (non-hydrogen) atoms. The highest BCUT2D eigenvalue weighted by Gasteiger charge is 2.19. The number of nitrogens with zero attached hydrogens (tertiary/aromatic N) is 3. The Kier molecular flexibility index (Phi) is 3.88. The number of halogens is 1. The number of aryl methyl sites for hydroxylation is 2. The topological polar surface area (TPSA) is 85.5 Å². The molecule has 9 heteroatoms. The van der Waals surface area contributed by atoms with Crippen molar-refractivity contribution in [1.82, 2.24) is 14.2 Å². The largest absolute Gasteiger partial charge is 0.298 e. The molecule has 0 fully saturated rings. The first-order chi connectivity index (χ1) is 11.3. The van der Waals surface area contributed by atoms with Gasteiger partial charge in [0.1, 0.15) is 22.1 Å². The Balaban J connectivity index is 2.08. The minimum Gasteiger partial charge on any atom is -0.298 e. The maximum Gasteiger partial charge on any atom is 0.291 e. The number of anilines is 1. The number of fused-ring (bicyclic) bond motifs is 1. The predicted octanol–water partition coefficient (Wildman–Crippen LogP) is 1.76. The first kappa shape index (κ1) is 16.2. The molecule has 0 atom stereocenters.